The van der Waals surface area contributed by atoms with E-state index in [1.165, 1.54) is 0 Å². The lowest BCUT2D eigenvalue weighted by Gasteiger charge is -2.29. The number of aryl methyl sites for hydroxylation is 1. The molecular formula is C18H23N3O4S. The molecule has 0 aliphatic carbocycles. The number of aromatic nitrogens is 1. The molecule has 2 aromatic rings. The van der Waals surface area contributed by atoms with E-state index in [2.05, 4.69) is 14.6 Å². The van der Waals surface area contributed by atoms with Crippen molar-refractivity contribution in [1.82, 2.24) is 9.71 Å². The molecule has 8 heteroatoms. The third kappa shape index (κ3) is 4.14. The Balaban J connectivity index is 1.77. The molecule has 140 valence electrons. The SMILES string of the molecule is COc1ccc(S(=O)(=O)NCc2cccnc2N2CCOCC2)cc1C. The lowest BCUT2D eigenvalue weighted by atomic mass is 10.2. The van der Waals surface area contributed by atoms with Crippen LogP contribution in [0.25, 0.3) is 0 Å². The number of sulfonamides is 1. The molecule has 1 aromatic carbocycles. The summed E-state index contributed by atoms with van der Waals surface area (Å²) in [7, 11) is -2.07. The Hall–Kier alpha value is -2.16. The molecule has 0 unspecified atom stereocenters. The fourth-order valence-corrected chi connectivity index (χ4v) is 3.99. The average molecular weight is 377 g/mol. The van der Waals surface area contributed by atoms with Gasteiger partial charge in [0.05, 0.1) is 25.2 Å². The number of hydrogen-bond acceptors (Lipinski definition) is 6. The zero-order chi connectivity index (χ0) is 18.6. The molecule has 3 rings (SSSR count). The van der Waals surface area contributed by atoms with Gasteiger partial charge < -0.3 is 14.4 Å². The van der Waals surface area contributed by atoms with Crippen molar-refractivity contribution >= 4 is 15.8 Å². The van der Waals surface area contributed by atoms with Crippen LogP contribution in [0.15, 0.2) is 41.4 Å². The molecule has 0 saturated carbocycles. The maximum atomic E-state index is 12.6. The van der Waals surface area contributed by atoms with Crippen molar-refractivity contribution in [3.05, 3.63) is 47.7 Å². The number of morpholine rings is 1. The highest BCUT2D eigenvalue weighted by atomic mass is 32.2. The van der Waals surface area contributed by atoms with Crippen LogP contribution in [-0.4, -0.2) is 46.8 Å². The molecule has 0 amide bonds. The second kappa shape index (κ2) is 8.03. The lowest BCUT2D eigenvalue weighted by molar-refractivity contribution is 0.122. The molecule has 1 saturated heterocycles. The number of pyridine rings is 1. The minimum atomic E-state index is -3.63. The minimum absolute atomic E-state index is 0.175. The Bertz CT molecular complexity index is 864. The Morgan fingerprint density at radius 3 is 2.73 bits per heavy atom. The van der Waals surface area contributed by atoms with Crippen LogP contribution in [0.1, 0.15) is 11.1 Å². The second-order valence-corrected chi connectivity index (χ2v) is 7.81. The Morgan fingerprint density at radius 1 is 1.27 bits per heavy atom. The van der Waals surface area contributed by atoms with Crippen molar-refractivity contribution in [3.8, 4) is 5.75 Å². The van der Waals surface area contributed by atoms with Crippen molar-refractivity contribution in [3.63, 3.8) is 0 Å². The summed E-state index contributed by atoms with van der Waals surface area (Å²) in [6, 6.07) is 8.51. The van der Waals surface area contributed by atoms with Gasteiger partial charge in [0, 0.05) is 31.4 Å². The van der Waals surface area contributed by atoms with Crippen LogP contribution in [0, 0.1) is 6.92 Å². The van der Waals surface area contributed by atoms with E-state index < -0.39 is 10.0 Å². The molecule has 1 aliphatic heterocycles. The molecule has 0 bridgehead atoms. The third-order valence-corrected chi connectivity index (χ3v) is 5.71. The normalized spacial score (nSPS) is 15.1. The minimum Gasteiger partial charge on any atom is -0.496 e. The van der Waals surface area contributed by atoms with E-state index in [4.69, 9.17) is 9.47 Å². The summed E-state index contributed by atoms with van der Waals surface area (Å²) in [6.07, 6.45) is 1.72. The van der Waals surface area contributed by atoms with Gasteiger partial charge in [-0.25, -0.2) is 18.1 Å². The van der Waals surface area contributed by atoms with E-state index in [-0.39, 0.29) is 11.4 Å². The molecule has 1 fully saturated rings. The van der Waals surface area contributed by atoms with Gasteiger partial charge in [0.1, 0.15) is 11.6 Å². The fourth-order valence-electron chi connectivity index (χ4n) is 2.90. The maximum Gasteiger partial charge on any atom is 0.240 e. The van der Waals surface area contributed by atoms with Gasteiger partial charge in [-0.1, -0.05) is 6.07 Å². The Kier molecular flexibility index (Phi) is 5.75. The van der Waals surface area contributed by atoms with Gasteiger partial charge >= 0.3 is 0 Å². The molecule has 0 atom stereocenters. The Morgan fingerprint density at radius 2 is 2.04 bits per heavy atom. The molecule has 26 heavy (non-hydrogen) atoms. The summed E-state index contributed by atoms with van der Waals surface area (Å²) in [6.45, 7) is 4.77. The van der Waals surface area contributed by atoms with Crippen LogP contribution in [0.5, 0.6) is 5.75 Å². The first-order chi connectivity index (χ1) is 12.5. The van der Waals surface area contributed by atoms with Crippen LogP contribution in [-0.2, 0) is 21.3 Å². The fraction of sp³-hybridized carbons (Fsp3) is 0.389. The van der Waals surface area contributed by atoms with Crippen molar-refractivity contribution in [2.45, 2.75) is 18.4 Å². The predicted molar refractivity (Wildman–Crippen MR) is 99.0 cm³/mol. The zero-order valence-corrected chi connectivity index (χ0v) is 15.8. The van der Waals surface area contributed by atoms with Crippen molar-refractivity contribution in [2.75, 3.05) is 38.3 Å². The van der Waals surface area contributed by atoms with Gasteiger partial charge in [0.25, 0.3) is 0 Å². The number of benzene rings is 1. The second-order valence-electron chi connectivity index (χ2n) is 6.04. The van der Waals surface area contributed by atoms with Crippen molar-refractivity contribution < 1.29 is 17.9 Å². The highest BCUT2D eigenvalue weighted by molar-refractivity contribution is 7.89. The van der Waals surface area contributed by atoms with E-state index in [1.54, 1.807) is 31.5 Å². The van der Waals surface area contributed by atoms with Crippen LogP contribution in [0.2, 0.25) is 0 Å². The van der Waals surface area contributed by atoms with Crippen LogP contribution in [0.3, 0.4) is 0 Å². The van der Waals surface area contributed by atoms with E-state index in [0.29, 0.717) is 19.0 Å². The van der Waals surface area contributed by atoms with Gasteiger partial charge in [-0.3, -0.25) is 0 Å². The van der Waals surface area contributed by atoms with Crippen LogP contribution in [0.4, 0.5) is 5.82 Å². The van der Waals surface area contributed by atoms with Gasteiger partial charge in [-0.05, 0) is 36.8 Å². The number of methoxy groups -OCH3 is 1. The van der Waals surface area contributed by atoms with E-state index >= 15 is 0 Å². The predicted octanol–water partition coefficient (Wildman–Crippen LogP) is 1.71. The molecule has 1 aliphatic rings. The molecular weight excluding hydrogens is 354 g/mol. The van der Waals surface area contributed by atoms with Gasteiger partial charge in [-0.2, -0.15) is 0 Å². The largest absolute Gasteiger partial charge is 0.496 e. The Labute approximate surface area is 154 Å². The summed E-state index contributed by atoms with van der Waals surface area (Å²) in [5.74, 6) is 1.45. The summed E-state index contributed by atoms with van der Waals surface area (Å²) in [5, 5.41) is 0. The molecule has 2 heterocycles. The summed E-state index contributed by atoms with van der Waals surface area (Å²) >= 11 is 0. The monoisotopic (exact) mass is 377 g/mol. The molecule has 1 aromatic heterocycles. The summed E-state index contributed by atoms with van der Waals surface area (Å²) < 4.78 is 38.5. The third-order valence-electron chi connectivity index (χ3n) is 4.31. The first-order valence-corrected chi connectivity index (χ1v) is 9.90. The highest BCUT2D eigenvalue weighted by Crippen LogP contribution is 2.22. The topological polar surface area (TPSA) is 80.8 Å². The number of nitrogens with zero attached hydrogens (tertiary/aromatic N) is 2. The number of anilines is 1. The molecule has 1 N–H and O–H groups in total. The van der Waals surface area contributed by atoms with Crippen LogP contribution < -0.4 is 14.4 Å². The first-order valence-electron chi connectivity index (χ1n) is 8.42. The maximum absolute atomic E-state index is 12.6. The van der Waals surface area contributed by atoms with Gasteiger partial charge in [0.2, 0.25) is 10.0 Å². The lowest BCUT2D eigenvalue weighted by Crippen LogP contribution is -2.37. The summed E-state index contributed by atoms with van der Waals surface area (Å²) in [5.41, 5.74) is 1.61. The van der Waals surface area contributed by atoms with Gasteiger partial charge in [0.15, 0.2) is 0 Å². The van der Waals surface area contributed by atoms with E-state index in [1.807, 2.05) is 19.1 Å². The zero-order valence-electron chi connectivity index (χ0n) is 14.9. The number of hydrogen-bond donors (Lipinski definition) is 1. The van der Waals surface area contributed by atoms with Gasteiger partial charge in [-0.15, -0.1) is 0 Å². The van der Waals surface area contributed by atoms with Crippen molar-refractivity contribution in [1.29, 1.82) is 0 Å². The number of ether oxygens (including phenoxy) is 2. The quantitative estimate of drug-likeness (QED) is 0.826. The van der Waals surface area contributed by atoms with Crippen molar-refractivity contribution in [2.24, 2.45) is 0 Å². The highest BCUT2D eigenvalue weighted by Gasteiger charge is 2.19. The van der Waals surface area contributed by atoms with E-state index in [0.717, 1.165) is 30.0 Å². The number of rotatable bonds is 6. The average Bonchev–Trinajstić information content (AvgIpc) is 2.67. The van der Waals surface area contributed by atoms with E-state index in [9.17, 15) is 8.42 Å². The summed E-state index contributed by atoms with van der Waals surface area (Å²) in [4.78, 5) is 6.76. The number of nitrogens with one attached hydrogen (secondary N) is 1. The van der Waals surface area contributed by atoms with Crippen LogP contribution >= 0.6 is 0 Å². The first kappa shape index (κ1) is 18.6. The molecule has 7 nitrogen and oxygen atoms in total. The standard InChI is InChI=1S/C18H23N3O4S/c1-14-12-16(5-6-17(14)24-2)26(22,23)20-13-15-4-3-7-19-18(15)21-8-10-25-11-9-21/h3-7,12,20H,8-11,13H2,1-2H3. The molecule has 0 spiro atoms. The molecule has 0 radical (unpaired) electrons. The smallest absolute Gasteiger partial charge is 0.240 e.